The molecule has 1 aliphatic carbocycles. The molecule has 30 heavy (non-hydrogen) atoms. The minimum absolute atomic E-state index is 0.0835. The summed E-state index contributed by atoms with van der Waals surface area (Å²) < 4.78 is 0. The second kappa shape index (κ2) is 8.93. The minimum atomic E-state index is -0.564. The van der Waals surface area contributed by atoms with E-state index in [4.69, 9.17) is 0 Å². The van der Waals surface area contributed by atoms with Crippen molar-refractivity contribution in [3.8, 4) is 10.4 Å². The van der Waals surface area contributed by atoms with Gasteiger partial charge in [0, 0.05) is 29.9 Å². The molecule has 2 aromatic rings. The van der Waals surface area contributed by atoms with Gasteiger partial charge in [-0.25, -0.2) is 0 Å². The van der Waals surface area contributed by atoms with E-state index in [1.807, 2.05) is 18.7 Å². The molecule has 2 amide bonds. The van der Waals surface area contributed by atoms with Crippen molar-refractivity contribution >= 4 is 23.2 Å². The average molecular weight is 425 g/mol. The number of carbonyl (C=O) groups is 2. The number of hydrogen-bond donors (Lipinski definition) is 1. The van der Waals surface area contributed by atoms with Crippen molar-refractivity contribution in [1.82, 2.24) is 10.2 Å². The number of nitrogens with one attached hydrogen (secondary N) is 1. The van der Waals surface area contributed by atoms with Gasteiger partial charge in [0.05, 0.1) is 5.41 Å². The van der Waals surface area contributed by atoms with Gasteiger partial charge >= 0.3 is 0 Å². The van der Waals surface area contributed by atoms with Crippen LogP contribution in [-0.2, 0) is 16.0 Å². The Morgan fingerprint density at radius 2 is 1.93 bits per heavy atom. The van der Waals surface area contributed by atoms with E-state index in [0.29, 0.717) is 19.5 Å². The van der Waals surface area contributed by atoms with Gasteiger partial charge in [-0.3, -0.25) is 9.59 Å². The largest absolute Gasteiger partial charge is 0.353 e. The van der Waals surface area contributed by atoms with Gasteiger partial charge in [-0.05, 0) is 62.1 Å². The van der Waals surface area contributed by atoms with E-state index in [0.717, 1.165) is 32.1 Å². The minimum Gasteiger partial charge on any atom is -0.353 e. The first-order valence-corrected chi connectivity index (χ1v) is 12.1. The molecule has 1 aliphatic heterocycles. The van der Waals surface area contributed by atoms with Crippen molar-refractivity contribution in [2.24, 2.45) is 11.3 Å². The summed E-state index contributed by atoms with van der Waals surface area (Å²) in [6, 6.07) is 12.7. The highest BCUT2D eigenvalue weighted by Gasteiger charge is 2.47. The molecule has 0 unspecified atom stereocenters. The fourth-order valence-corrected chi connectivity index (χ4v) is 5.81. The quantitative estimate of drug-likeness (QED) is 0.718. The van der Waals surface area contributed by atoms with Crippen LogP contribution in [0.3, 0.4) is 0 Å². The molecule has 1 aromatic carbocycles. The molecule has 4 rings (SSSR count). The average Bonchev–Trinajstić information content (AvgIpc) is 3.49. The summed E-state index contributed by atoms with van der Waals surface area (Å²) in [6.07, 6.45) is 5.69. The Balaban J connectivity index is 1.62. The van der Waals surface area contributed by atoms with E-state index < -0.39 is 5.41 Å². The summed E-state index contributed by atoms with van der Waals surface area (Å²) in [4.78, 5) is 29.7. The maximum Gasteiger partial charge on any atom is 0.228 e. The first-order valence-electron chi connectivity index (χ1n) is 11.2. The molecule has 4 nitrogen and oxygen atoms in total. The van der Waals surface area contributed by atoms with Gasteiger partial charge in [-0.15, -0.1) is 11.3 Å². The Morgan fingerprint density at radius 1 is 1.17 bits per heavy atom. The van der Waals surface area contributed by atoms with Gasteiger partial charge in [0.25, 0.3) is 0 Å². The van der Waals surface area contributed by atoms with Crippen LogP contribution >= 0.6 is 11.3 Å². The maximum atomic E-state index is 13.4. The van der Waals surface area contributed by atoms with Gasteiger partial charge < -0.3 is 10.2 Å². The third-order valence-electron chi connectivity index (χ3n) is 6.60. The smallest absolute Gasteiger partial charge is 0.228 e. The predicted octanol–water partition coefficient (Wildman–Crippen LogP) is 4.89. The Morgan fingerprint density at radius 3 is 2.63 bits per heavy atom. The summed E-state index contributed by atoms with van der Waals surface area (Å²) in [7, 11) is 0. The fraction of sp³-hybridized carbons (Fsp3) is 0.520. The van der Waals surface area contributed by atoms with E-state index in [2.05, 4.69) is 47.1 Å². The molecule has 2 heterocycles. The first-order chi connectivity index (χ1) is 14.5. The zero-order chi connectivity index (χ0) is 21.1. The van der Waals surface area contributed by atoms with E-state index >= 15 is 0 Å². The third kappa shape index (κ3) is 4.31. The number of nitrogens with zero attached hydrogens (tertiary/aromatic N) is 1. The third-order valence-corrected chi connectivity index (χ3v) is 7.51. The zero-order valence-corrected chi connectivity index (χ0v) is 18.8. The number of hydrogen-bond acceptors (Lipinski definition) is 3. The van der Waals surface area contributed by atoms with Crippen molar-refractivity contribution in [3.63, 3.8) is 0 Å². The molecule has 2 fully saturated rings. The van der Waals surface area contributed by atoms with Crippen LogP contribution in [0.1, 0.15) is 51.5 Å². The lowest BCUT2D eigenvalue weighted by molar-refractivity contribution is -0.136. The second-order valence-corrected chi connectivity index (χ2v) is 10.2. The standard InChI is InChI=1S/C25H32N2O2S/c1-18(2)26-24(29)25(13-14-27(17-25)23(28)19-8-3-4-9-19)16-20-10-5-6-11-21(20)22-12-7-15-30-22/h5-7,10-12,15,18-19H,3-4,8-9,13-14,16-17H2,1-2H3,(H,26,29)/t25-/m1/s1. The topological polar surface area (TPSA) is 49.4 Å². The number of rotatable bonds is 6. The predicted molar refractivity (Wildman–Crippen MR) is 122 cm³/mol. The molecule has 1 saturated carbocycles. The molecule has 160 valence electrons. The number of benzene rings is 1. The van der Waals surface area contributed by atoms with Crippen LogP contribution in [0.25, 0.3) is 10.4 Å². The Kier molecular flexibility index (Phi) is 6.28. The zero-order valence-electron chi connectivity index (χ0n) is 18.0. The van der Waals surface area contributed by atoms with Crippen molar-refractivity contribution in [1.29, 1.82) is 0 Å². The lowest BCUT2D eigenvalue weighted by atomic mass is 9.78. The molecule has 1 atom stereocenters. The fourth-order valence-electron chi connectivity index (χ4n) is 5.03. The molecular weight excluding hydrogens is 392 g/mol. The van der Waals surface area contributed by atoms with Crippen molar-refractivity contribution in [2.75, 3.05) is 13.1 Å². The second-order valence-electron chi connectivity index (χ2n) is 9.21. The molecule has 1 aromatic heterocycles. The van der Waals surface area contributed by atoms with Gasteiger partial charge in [0.15, 0.2) is 0 Å². The highest BCUT2D eigenvalue weighted by Crippen LogP contribution is 2.40. The lowest BCUT2D eigenvalue weighted by Gasteiger charge is -2.30. The summed E-state index contributed by atoms with van der Waals surface area (Å²) in [6.45, 7) is 5.21. The monoisotopic (exact) mass is 424 g/mol. The molecule has 0 spiro atoms. The van der Waals surface area contributed by atoms with Gasteiger partial charge in [-0.2, -0.15) is 0 Å². The van der Waals surface area contributed by atoms with Crippen LogP contribution < -0.4 is 5.32 Å². The molecular formula is C25H32N2O2S. The summed E-state index contributed by atoms with van der Waals surface area (Å²) in [5, 5.41) is 5.24. The molecule has 0 radical (unpaired) electrons. The van der Waals surface area contributed by atoms with E-state index in [1.165, 1.54) is 16.0 Å². The molecule has 1 saturated heterocycles. The van der Waals surface area contributed by atoms with Crippen molar-refractivity contribution < 1.29 is 9.59 Å². The molecule has 2 aliphatic rings. The van der Waals surface area contributed by atoms with Gasteiger partial charge in [0.1, 0.15) is 0 Å². The van der Waals surface area contributed by atoms with Crippen molar-refractivity contribution in [2.45, 2.75) is 58.4 Å². The summed E-state index contributed by atoms with van der Waals surface area (Å²) in [5.41, 5.74) is 1.82. The van der Waals surface area contributed by atoms with E-state index in [-0.39, 0.29) is 23.8 Å². The van der Waals surface area contributed by atoms with E-state index in [1.54, 1.807) is 11.3 Å². The number of amides is 2. The molecule has 1 N–H and O–H groups in total. The van der Waals surface area contributed by atoms with Gasteiger partial charge in [0.2, 0.25) is 11.8 Å². The molecule has 0 bridgehead atoms. The highest BCUT2D eigenvalue weighted by molar-refractivity contribution is 7.13. The lowest BCUT2D eigenvalue weighted by Crippen LogP contribution is -2.47. The number of carbonyl (C=O) groups excluding carboxylic acids is 2. The van der Waals surface area contributed by atoms with E-state index in [9.17, 15) is 9.59 Å². The van der Waals surface area contributed by atoms with Crippen LogP contribution in [0.15, 0.2) is 41.8 Å². The van der Waals surface area contributed by atoms with Gasteiger partial charge in [-0.1, -0.05) is 43.2 Å². The Bertz CT molecular complexity index is 886. The Labute approximate surface area is 183 Å². The first kappa shape index (κ1) is 21.1. The number of likely N-dealkylation sites (tertiary alicyclic amines) is 1. The summed E-state index contributed by atoms with van der Waals surface area (Å²) >= 11 is 1.72. The van der Waals surface area contributed by atoms with Crippen LogP contribution in [0.5, 0.6) is 0 Å². The Hall–Kier alpha value is -2.14. The van der Waals surface area contributed by atoms with Crippen molar-refractivity contribution in [3.05, 3.63) is 47.3 Å². The summed E-state index contributed by atoms with van der Waals surface area (Å²) in [5.74, 6) is 0.505. The van der Waals surface area contributed by atoms with Crippen LogP contribution in [-0.4, -0.2) is 35.8 Å². The normalized spacial score (nSPS) is 22.0. The van der Waals surface area contributed by atoms with Crippen LogP contribution in [0.2, 0.25) is 0 Å². The SMILES string of the molecule is CC(C)NC(=O)[C@@]1(Cc2ccccc2-c2cccs2)CCN(C(=O)C2CCCC2)C1. The van der Waals surface area contributed by atoms with Crippen LogP contribution in [0.4, 0.5) is 0 Å². The highest BCUT2D eigenvalue weighted by atomic mass is 32.1. The maximum absolute atomic E-state index is 13.4. The molecule has 5 heteroatoms. The number of thiophene rings is 1. The van der Waals surface area contributed by atoms with Crippen LogP contribution in [0, 0.1) is 11.3 Å².